The van der Waals surface area contributed by atoms with Crippen molar-refractivity contribution in [2.75, 3.05) is 5.32 Å². The minimum Gasteiger partial charge on any atom is -0.352 e. The lowest BCUT2D eigenvalue weighted by Gasteiger charge is -2.17. The molecule has 0 unspecified atom stereocenters. The average molecular weight is 301 g/mol. The lowest BCUT2D eigenvalue weighted by molar-refractivity contribution is -0.116. The fourth-order valence-corrected chi connectivity index (χ4v) is 2.04. The van der Waals surface area contributed by atoms with Crippen molar-refractivity contribution in [3.05, 3.63) is 66.0 Å². The van der Waals surface area contributed by atoms with Gasteiger partial charge in [-0.15, -0.1) is 0 Å². The molecule has 0 aliphatic rings. The number of nitrogens with one attached hydrogen (secondary N) is 2. The molecule has 0 spiro atoms. The van der Waals surface area contributed by atoms with E-state index in [2.05, 4.69) is 10.6 Å². The van der Waals surface area contributed by atoms with Crippen LogP contribution >= 0.6 is 0 Å². The Morgan fingerprint density at radius 2 is 1.68 bits per heavy atom. The van der Waals surface area contributed by atoms with E-state index >= 15 is 0 Å². The molecule has 3 amide bonds. The highest BCUT2D eigenvalue weighted by Gasteiger charge is 2.17. The summed E-state index contributed by atoms with van der Waals surface area (Å²) in [5.41, 5.74) is 6.41. The number of carbonyl (C=O) groups excluding carboxylic acids is 2. The van der Waals surface area contributed by atoms with E-state index in [0.29, 0.717) is 5.69 Å². The largest absolute Gasteiger partial charge is 0.352 e. The molecule has 5 nitrogen and oxygen atoms in total. The smallest absolute Gasteiger partial charge is 0.312 e. The standard InChI is InChI=1S/C16H16FN3O2/c17-12-6-8-13(9-7-12)19-15(21)10-14(20-16(18)22)11-4-2-1-3-5-11/h1-9,14H,10H2,(H,19,21)(H3,18,20,22)/t14-/m1/s1. The number of primary amides is 1. The Labute approximate surface area is 127 Å². The fourth-order valence-electron chi connectivity index (χ4n) is 2.04. The van der Waals surface area contributed by atoms with E-state index in [-0.39, 0.29) is 18.1 Å². The Hall–Kier alpha value is -2.89. The Kier molecular flexibility index (Phi) is 5.08. The van der Waals surface area contributed by atoms with Gasteiger partial charge in [0.05, 0.1) is 12.5 Å². The van der Waals surface area contributed by atoms with Crippen LogP contribution in [0.4, 0.5) is 14.9 Å². The maximum atomic E-state index is 12.8. The van der Waals surface area contributed by atoms with Gasteiger partial charge in [0.2, 0.25) is 5.91 Å². The number of hydrogen-bond acceptors (Lipinski definition) is 2. The number of halogens is 1. The van der Waals surface area contributed by atoms with Crippen molar-refractivity contribution in [3.8, 4) is 0 Å². The second-order valence-electron chi connectivity index (χ2n) is 4.73. The summed E-state index contributed by atoms with van der Waals surface area (Å²) < 4.78 is 12.8. The van der Waals surface area contributed by atoms with Gasteiger partial charge in [-0.1, -0.05) is 30.3 Å². The zero-order chi connectivity index (χ0) is 15.9. The molecule has 0 saturated carbocycles. The second kappa shape index (κ2) is 7.21. The van der Waals surface area contributed by atoms with Crippen LogP contribution in [0.25, 0.3) is 0 Å². The van der Waals surface area contributed by atoms with Gasteiger partial charge in [-0.25, -0.2) is 9.18 Å². The predicted octanol–water partition coefficient (Wildman–Crippen LogP) is 2.56. The molecule has 0 aliphatic carbocycles. The molecule has 0 aromatic heterocycles. The van der Waals surface area contributed by atoms with Gasteiger partial charge >= 0.3 is 6.03 Å². The van der Waals surface area contributed by atoms with Gasteiger partial charge in [0.1, 0.15) is 5.82 Å². The van der Waals surface area contributed by atoms with E-state index in [9.17, 15) is 14.0 Å². The molecule has 0 heterocycles. The number of carbonyl (C=O) groups is 2. The van der Waals surface area contributed by atoms with Crippen LogP contribution in [0.2, 0.25) is 0 Å². The summed E-state index contributed by atoms with van der Waals surface area (Å²) in [6.45, 7) is 0. The van der Waals surface area contributed by atoms with Gasteiger partial charge in [0.25, 0.3) is 0 Å². The van der Waals surface area contributed by atoms with Crippen molar-refractivity contribution < 1.29 is 14.0 Å². The monoisotopic (exact) mass is 301 g/mol. The summed E-state index contributed by atoms with van der Waals surface area (Å²) in [5.74, 6) is -0.690. The van der Waals surface area contributed by atoms with Crippen LogP contribution in [-0.4, -0.2) is 11.9 Å². The summed E-state index contributed by atoms with van der Waals surface area (Å²) in [6.07, 6.45) is 0.0182. The van der Waals surface area contributed by atoms with E-state index < -0.39 is 12.1 Å². The second-order valence-corrected chi connectivity index (χ2v) is 4.73. The van der Waals surface area contributed by atoms with E-state index in [0.717, 1.165) is 5.56 Å². The topological polar surface area (TPSA) is 84.2 Å². The maximum absolute atomic E-state index is 12.8. The number of anilines is 1. The third-order valence-electron chi connectivity index (χ3n) is 3.04. The first-order valence-corrected chi connectivity index (χ1v) is 6.71. The number of benzene rings is 2. The molecule has 0 radical (unpaired) electrons. The maximum Gasteiger partial charge on any atom is 0.312 e. The number of rotatable bonds is 5. The van der Waals surface area contributed by atoms with Gasteiger partial charge in [-0.05, 0) is 29.8 Å². The molecule has 0 fully saturated rings. The summed E-state index contributed by atoms with van der Waals surface area (Å²) in [7, 11) is 0. The summed E-state index contributed by atoms with van der Waals surface area (Å²) in [6, 6.07) is 13.3. The fraction of sp³-hybridized carbons (Fsp3) is 0.125. The zero-order valence-corrected chi connectivity index (χ0v) is 11.8. The highest BCUT2D eigenvalue weighted by molar-refractivity contribution is 5.91. The first-order chi connectivity index (χ1) is 10.5. The van der Waals surface area contributed by atoms with E-state index in [1.165, 1.54) is 24.3 Å². The van der Waals surface area contributed by atoms with Gasteiger partial charge in [0.15, 0.2) is 0 Å². The molecule has 1 atom stereocenters. The van der Waals surface area contributed by atoms with Crippen molar-refractivity contribution in [2.24, 2.45) is 5.73 Å². The molecule has 2 rings (SSSR count). The van der Waals surface area contributed by atoms with Crippen LogP contribution in [0.15, 0.2) is 54.6 Å². The predicted molar refractivity (Wildman–Crippen MR) is 81.5 cm³/mol. The van der Waals surface area contributed by atoms with Crippen LogP contribution in [-0.2, 0) is 4.79 Å². The third-order valence-corrected chi connectivity index (χ3v) is 3.04. The van der Waals surface area contributed by atoms with Crippen LogP contribution in [0.3, 0.4) is 0 Å². The molecule has 2 aromatic carbocycles. The van der Waals surface area contributed by atoms with Crippen LogP contribution in [0.1, 0.15) is 18.0 Å². The van der Waals surface area contributed by atoms with Crippen molar-refractivity contribution in [1.82, 2.24) is 5.32 Å². The minimum atomic E-state index is -0.705. The van der Waals surface area contributed by atoms with E-state index in [1.807, 2.05) is 18.2 Å². The van der Waals surface area contributed by atoms with Gasteiger partial charge in [-0.2, -0.15) is 0 Å². The molecular weight excluding hydrogens is 285 g/mol. The molecule has 2 aromatic rings. The van der Waals surface area contributed by atoms with Crippen molar-refractivity contribution in [1.29, 1.82) is 0 Å². The SMILES string of the molecule is NC(=O)N[C@H](CC(=O)Nc1ccc(F)cc1)c1ccccc1. The van der Waals surface area contributed by atoms with Gasteiger partial charge in [-0.3, -0.25) is 4.79 Å². The lowest BCUT2D eigenvalue weighted by atomic mass is 10.0. The Morgan fingerprint density at radius 1 is 1.05 bits per heavy atom. The first-order valence-electron chi connectivity index (χ1n) is 6.71. The van der Waals surface area contributed by atoms with Crippen molar-refractivity contribution in [3.63, 3.8) is 0 Å². The first kappa shape index (κ1) is 15.5. The highest BCUT2D eigenvalue weighted by atomic mass is 19.1. The number of amides is 3. The number of urea groups is 1. The number of hydrogen-bond donors (Lipinski definition) is 3. The van der Waals surface area contributed by atoms with Crippen LogP contribution in [0, 0.1) is 5.82 Å². The third kappa shape index (κ3) is 4.59. The molecule has 0 saturated heterocycles. The van der Waals surface area contributed by atoms with Gasteiger partial charge < -0.3 is 16.4 Å². The van der Waals surface area contributed by atoms with Crippen molar-refractivity contribution in [2.45, 2.75) is 12.5 Å². The molecule has 22 heavy (non-hydrogen) atoms. The molecule has 0 aliphatic heterocycles. The zero-order valence-electron chi connectivity index (χ0n) is 11.8. The summed E-state index contributed by atoms with van der Waals surface area (Å²) in [5, 5.41) is 5.18. The molecule has 0 bridgehead atoms. The lowest BCUT2D eigenvalue weighted by Crippen LogP contribution is -2.35. The molecule has 114 valence electrons. The van der Waals surface area contributed by atoms with Crippen LogP contribution < -0.4 is 16.4 Å². The quantitative estimate of drug-likeness (QED) is 0.793. The average Bonchev–Trinajstić information content (AvgIpc) is 2.49. The van der Waals surface area contributed by atoms with E-state index in [4.69, 9.17) is 5.73 Å². The molecule has 6 heteroatoms. The molecule has 4 N–H and O–H groups in total. The molecular formula is C16H16FN3O2. The Bertz CT molecular complexity index is 644. The summed E-state index contributed by atoms with van der Waals surface area (Å²) in [4.78, 5) is 23.2. The highest BCUT2D eigenvalue weighted by Crippen LogP contribution is 2.18. The minimum absolute atomic E-state index is 0.0182. The van der Waals surface area contributed by atoms with E-state index in [1.54, 1.807) is 12.1 Å². The summed E-state index contributed by atoms with van der Waals surface area (Å²) >= 11 is 0. The Morgan fingerprint density at radius 3 is 2.27 bits per heavy atom. The number of nitrogens with two attached hydrogens (primary N) is 1. The normalized spacial score (nSPS) is 11.5. The Balaban J connectivity index is 2.04. The van der Waals surface area contributed by atoms with Crippen molar-refractivity contribution >= 4 is 17.6 Å². The van der Waals surface area contributed by atoms with Gasteiger partial charge in [0, 0.05) is 5.69 Å². The van der Waals surface area contributed by atoms with Crippen LogP contribution in [0.5, 0.6) is 0 Å².